The first kappa shape index (κ1) is 50.4. The fraction of sp³-hybridized carbons (Fsp3) is 0.947. The summed E-state index contributed by atoms with van der Waals surface area (Å²) < 4.78 is 414. The van der Waals surface area contributed by atoms with Crippen molar-refractivity contribution in [1.82, 2.24) is 0 Å². The molecule has 318 valence electrons. The van der Waals surface area contributed by atoms with Gasteiger partial charge >= 0.3 is 89.1 Å². The van der Waals surface area contributed by atoms with E-state index in [4.69, 9.17) is 5.11 Å². The minimum Gasteiger partial charge on any atom is -0.481 e. The van der Waals surface area contributed by atoms with Gasteiger partial charge in [-0.1, -0.05) is 0 Å². The predicted octanol–water partition coefficient (Wildman–Crippen LogP) is 9.09. The summed E-state index contributed by atoms with van der Waals surface area (Å²) in [6.07, 6.45) is -13.5. The molecular formula is C19H9F29O4S. The first-order chi connectivity index (χ1) is 22.4. The maximum Gasteiger partial charge on any atom is 0.460 e. The van der Waals surface area contributed by atoms with E-state index in [-0.39, 0.29) is 0 Å². The van der Waals surface area contributed by atoms with Crippen LogP contribution in [0.1, 0.15) is 12.8 Å². The number of carbonyl (C=O) groups is 1. The number of sulfone groups is 1. The average Bonchev–Trinajstić information content (AvgIpc) is 2.93. The molecule has 0 aromatic rings. The highest BCUT2D eigenvalue weighted by molar-refractivity contribution is 7.91. The van der Waals surface area contributed by atoms with Crippen molar-refractivity contribution in [1.29, 1.82) is 0 Å². The van der Waals surface area contributed by atoms with Crippen molar-refractivity contribution in [3.8, 4) is 0 Å². The summed E-state index contributed by atoms with van der Waals surface area (Å²) in [4.78, 5) is 10.3. The summed E-state index contributed by atoms with van der Waals surface area (Å²) in [5.41, 5.74) is 0. The van der Waals surface area contributed by atoms with Crippen molar-refractivity contribution >= 4 is 15.8 Å². The highest BCUT2D eigenvalue weighted by atomic mass is 32.2. The van der Waals surface area contributed by atoms with Crippen molar-refractivity contribution < 1.29 is 146 Å². The second kappa shape index (κ2) is 13.0. The molecule has 0 heterocycles. The summed E-state index contributed by atoms with van der Waals surface area (Å²) in [6.45, 7) is 0. The molecule has 0 radical (unpaired) electrons. The lowest BCUT2D eigenvalue weighted by Crippen LogP contribution is -2.79. The fourth-order valence-electron chi connectivity index (χ4n) is 3.16. The Labute approximate surface area is 270 Å². The monoisotopic (exact) mass is 884 g/mol. The molecule has 0 aromatic heterocycles. The summed E-state index contributed by atoms with van der Waals surface area (Å²) in [7, 11) is -5.51. The van der Waals surface area contributed by atoms with Gasteiger partial charge in [-0.25, -0.2) is 8.42 Å². The number of hydrogen-bond acceptors (Lipinski definition) is 3. The van der Waals surface area contributed by atoms with Crippen molar-refractivity contribution in [2.45, 2.75) is 96.0 Å². The Kier molecular flexibility index (Phi) is 12.3. The minimum absolute atomic E-state index is 1.62. The number of rotatable bonds is 18. The second-order valence-corrected chi connectivity index (χ2v) is 12.4. The van der Waals surface area contributed by atoms with E-state index in [0.29, 0.717) is 0 Å². The smallest absolute Gasteiger partial charge is 0.460 e. The van der Waals surface area contributed by atoms with Gasteiger partial charge in [0.15, 0.2) is 9.84 Å². The van der Waals surface area contributed by atoms with Crippen LogP contribution < -0.4 is 0 Å². The van der Waals surface area contributed by atoms with Crippen LogP contribution in [0.2, 0.25) is 0 Å². The van der Waals surface area contributed by atoms with Crippen molar-refractivity contribution in [3.63, 3.8) is 0 Å². The molecule has 34 heteroatoms. The number of aliphatic carboxylic acids is 1. The molecular weight excluding hydrogens is 875 g/mol. The fourth-order valence-corrected chi connectivity index (χ4v) is 4.42. The molecule has 0 unspecified atom stereocenters. The van der Waals surface area contributed by atoms with Crippen molar-refractivity contribution in [2.75, 3.05) is 11.5 Å². The average molecular weight is 884 g/mol. The summed E-state index contributed by atoms with van der Waals surface area (Å²) >= 11 is 0. The Morgan fingerprint density at radius 2 is 0.566 bits per heavy atom. The van der Waals surface area contributed by atoms with Gasteiger partial charge < -0.3 is 5.11 Å². The molecule has 4 nitrogen and oxygen atoms in total. The molecule has 0 aromatic carbocycles. The molecule has 0 saturated carbocycles. The first-order valence-corrected chi connectivity index (χ1v) is 13.6. The van der Waals surface area contributed by atoms with Gasteiger partial charge in [-0.15, -0.1) is 0 Å². The highest BCUT2D eigenvalue weighted by Gasteiger charge is 3.00. The van der Waals surface area contributed by atoms with Crippen molar-refractivity contribution in [2.24, 2.45) is 0 Å². The third-order valence-corrected chi connectivity index (χ3v) is 8.16. The molecule has 0 rings (SSSR count). The van der Waals surface area contributed by atoms with E-state index in [1.807, 2.05) is 0 Å². The zero-order valence-corrected chi connectivity index (χ0v) is 24.2. The topological polar surface area (TPSA) is 71.4 Å². The summed E-state index contributed by atoms with van der Waals surface area (Å²) in [6, 6.07) is 0. The number of halogens is 29. The van der Waals surface area contributed by atoms with Gasteiger partial charge in [-0.2, -0.15) is 127 Å². The zero-order valence-electron chi connectivity index (χ0n) is 23.4. The van der Waals surface area contributed by atoms with Crippen LogP contribution in [0.25, 0.3) is 0 Å². The molecule has 0 atom stereocenters. The highest BCUT2D eigenvalue weighted by Crippen LogP contribution is 2.69. The van der Waals surface area contributed by atoms with Gasteiger partial charge in [0.1, 0.15) is 0 Å². The van der Waals surface area contributed by atoms with Crippen LogP contribution in [0.15, 0.2) is 0 Å². The minimum atomic E-state index is -10.0. The molecule has 0 aliphatic rings. The van der Waals surface area contributed by atoms with E-state index in [1.54, 1.807) is 0 Å². The third-order valence-electron chi connectivity index (χ3n) is 6.51. The molecule has 0 saturated heterocycles. The Bertz CT molecular complexity index is 1460. The normalized spacial score (nSPS) is 16.6. The Morgan fingerprint density at radius 3 is 0.774 bits per heavy atom. The maximum atomic E-state index is 13.9. The molecule has 0 bridgehead atoms. The van der Waals surface area contributed by atoms with E-state index in [2.05, 4.69) is 0 Å². The van der Waals surface area contributed by atoms with Gasteiger partial charge in [-0.3, -0.25) is 4.79 Å². The Hall–Kier alpha value is -2.61. The SMILES string of the molecule is O=C(O)CCS(=O)(=O)CCC(F)(F)C(F)(F)C(F)(F)C(F)(F)C(F)(F)C(F)(F)C(F)(F)C(F)(F)C(F)(F)C(F)(F)C(F)(F)C(F)(F)C(F)(F)C(F)(F)F. The van der Waals surface area contributed by atoms with E-state index in [9.17, 15) is 141 Å². The van der Waals surface area contributed by atoms with Crippen LogP contribution in [0, 0.1) is 0 Å². The van der Waals surface area contributed by atoms with Gasteiger partial charge in [0.05, 0.1) is 17.9 Å². The van der Waals surface area contributed by atoms with E-state index < -0.39 is 123 Å². The van der Waals surface area contributed by atoms with Gasteiger partial charge in [0, 0.05) is 6.42 Å². The number of alkyl halides is 29. The molecule has 0 fully saturated rings. The van der Waals surface area contributed by atoms with Crippen LogP contribution in [0.4, 0.5) is 127 Å². The van der Waals surface area contributed by atoms with Gasteiger partial charge in [0.25, 0.3) is 0 Å². The molecule has 0 aliphatic heterocycles. The lowest BCUT2D eigenvalue weighted by atomic mass is 9.83. The lowest BCUT2D eigenvalue weighted by molar-refractivity contribution is -0.487. The standard InChI is InChI=1S/C19H9F29O4S/c20-6(21,2-4-53(51,52)3-1-5(49)50)7(22,23)8(24,25)9(26,27)10(28,29)11(30,31)12(32,33)13(34,35)14(36,37)15(38,39)16(40,41)17(42,43)18(44,45)19(46,47)48/h1-4H2,(H,49,50). The summed E-state index contributed by atoms with van der Waals surface area (Å²) in [5.74, 6) is -129. The number of hydrogen-bond donors (Lipinski definition) is 1. The number of carboxylic acids is 1. The molecule has 0 spiro atoms. The Balaban J connectivity index is 7.37. The molecule has 53 heavy (non-hydrogen) atoms. The van der Waals surface area contributed by atoms with Crippen LogP contribution in [0.5, 0.6) is 0 Å². The van der Waals surface area contributed by atoms with Crippen LogP contribution in [-0.2, 0) is 14.6 Å². The zero-order chi connectivity index (χ0) is 43.9. The van der Waals surface area contributed by atoms with Crippen molar-refractivity contribution in [3.05, 3.63) is 0 Å². The van der Waals surface area contributed by atoms with Crippen LogP contribution in [0.3, 0.4) is 0 Å². The van der Waals surface area contributed by atoms with Crippen LogP contribution >= 0.6 is 0 Å². The lowest BCUT2D eigenvalue weighted by Gasteiger charge is -2.46. The largest absolute Gasteiger partial charge is 0.481 e. The molecule has 0 amide bonds. The predicted molar refractivity (Wildman–Crippen MR) is 106 cm³/mol. The van der Waals surface area contributed by atoms with E-state index in [0.717, 1.165) is 0 Å². The second-order valence-electron chi connectivity index (χ2n) is 10.1. The van der Waals surface area contributed by atoms with Gasteiger partial charge in [0.2, 0.25) is 0 Å². The summed E-state index contributed by atoms with van der Waals surface area (Å²) in [5, 5.41) is 8.23. The molecule has 1 N–H and O–H groups in total. The quantitative estimate of drug-likeness (QED) is 0.140. The van der Waals surface area contributed by atoms with Gasteiger partial charge in [-0.05, 0) is 0 Å². The van der Waals surface area contributed by atoms with E-state index in [1.165, 1.54) is 0 Å². The third kappa shape index (κ3) is 6.84. The molecule has 0 aliphatic carbocycles. The number of carboxylic acid groups (broad SMARTS) is 1. The Morgan fingerprint density at radius 1 is 0.358 bits per heavy atom. The first-order valence-electron chi connectivity index (χ1n) is 11.8. The van der Waals surface area contributed by atoms with E-state index >= 15 is 0 Å². The van der Waals surface area contributed by atoms with Crippen LogP contribution in [-0.4, -0.2) is 114 Å². The maximum absolute atomic E-state index is 13.9.